The molecule has 0 aliphatic carbocycles. The van der Waals surface area contributed by atoms with Gasteiger partial charge in [-0.25, -0.2) is 4.98 Å². The number of aryl methyl sites for hydroxylation is 1. The van der Waals surface area contributed by atoms with Crippen LogP contribution in [0.25, 0.3) is 0 Å². The van der Waals surface area contributed by atoms with E-state index in [0.29, 0.717) is 12.6 Å². The molecular weight excluding hydrogens is 256 g/mol. The fourth-order valence-electron chi connectivity index (χ4n) is 1.70. The molecule has 1 aromatic rings. The van der Waals surface area contributed by atoms with Crippen LogP contribution in [0.1, 0.15) is 36.1 Å². The van der Waals surface area contributed by atoms with Crippen LogP contribution in [0.4, 0.5) is 0 Å². The number of imidazole rings is 1. The Morgan fingerprint density at radius 2 is 2.16 bits per heavy atom. The van der Waals surface area contributed by atoms with E-state index in [2.05, 4.69) is 31.5 Å². The number of aldehydes is 1. The van der Waals surface area contributed by atoms with Crippen molar-refractivity contribution >= 4 is 14.4 Å². The molecule has 0 atom stereocenters. The first-order valence-electron chi connectivity index (χ1n) is 7.05. The maximum Gasteiger partial charge on any atom is 0.185 e. The minimum absolute atomic E-state index is 0.428. The van der Waals surface area contributed by atoms with Crippen molar-refractivity contribution in [2.75, 3.05) is 6.61 Å². The van der Waals surface area contributed by atoms with E-state index in [4.69, 9.17) is 4.74 Å². The SMILES string of the molecule is CCCCc1cn(COCC[Si](C)(C)C)c(C=O)n1. The lowest BCUT2D eigenvalue weighted by Gasteiger charge is -2.15. The Hall–Kier alpha value is -0.943. The van der Waals surface area contributed by atoms with Crippen LogP contribution >= 0.6 is 0 Å². The second-order valence-electron chi connectivity index (χ2n) is 6.13. The van der Waals surface area contributed by atoms with Gasteiger partial charge in [0.2, 0.25) is 0 Å². The summed E-state index contributed by atoms with van der Waals surface area (Å²) in [7, 11) is -1.05. The summed E-state index contributed by atoms with van der Waals surface area (Å²) in [6, 6.07) is 1.14. The number of carbonyl (C=O) groups excluding carboxylic acids is 1. The molecule has 4 nitrogen and oxygen atoms in total. The molecular formula is C14H26N2O2Si. The largest absolute Gasteiger partial charge is 0.361 e. The number of ether oxygens (including phenoxy) is 1. The summed E-state index contributed by atoms with van der Waals surface area (Å²) >= 11 is 0. The lowest BCUT2D eigenvalue weighted by molar-refractivity contribution is 0.0831. The van der Waals surface area contributed by atoms with Crippen molar-refractivity contribution in [3.63, 3.8) is 0 Å². The van der Waals surface area contributed by atoms with Gasteiger partial charge in [0.15, 0.2) is 12.1 Å². The van der Waals surface area contributed by atoms with Gasteiger partial charge in [-0.1, -0.05) is 33.0 Å². The smallest absolute Gasteiger partial charge is 0.185 e. The van der Waals surface area contributed by atoms with Crippen LogP contribution in [0, 0.1) is 0 Å². The first-order chi connectivity index (χ1) is 8.96. The fraction of sp³-hybridized carbons (Fsp3) is 0.714. The summed E-state index contributed by atoms with van der Waals surface area (Å²) in [6.07, 6.45) is 5.91. The molecule has 0 saturated heterocycles. The summed E-state index contributed by atoms with van der Waals surface area (Å²) in [4.78, 5) is 15.3. The van der Waals surface area contributed by atoms with Gasteiger partial charge in [0.05, 0.1) is 5.69 Å². The van der Waals surface area contributed by atoms with Crippen LogP contribution in [0.2, 0.25) is 25.7 Å². The topological polar surface area (TPSA) is 44.1 Å². The Bertz CT molecular complexity index is 397. The lowest BCUT2D eigenvalue weighted by Crippen LogP contribution is -2.22. The molecule has 0 bridgehead atoms. The van der Waals surface area contributed by atoms with Crippen LogP contribution in [0.15, 0.2) is 6.20 Å². The number of nitrogens with zero attached hydrogens (tertiary/aromatic N) is 2. The zero-order valence-electron chi connectivity index (χ0n) is 12.6. The van der Waals surface area contributed by atoms with E-state index in [-0.39, 0.29) is 0 Å². The molecule has 0 amide bonds. The molecule has 0 aromatic carbocycles. The molecule has 5 heteroatoms. The standard InChI is InChI=1S/C14H26N2O2Si/c1-5-6-7-13-10-16(14(11-17)15-13)12-18-8-9-19(2,3)4/h10-11H,5-9,12H2,1-4H3. The van der Waals surface area contributed by atoms with Gasteiger partial charge >= 0.3 is 0 Å². The zero-order valence-corrected chi connectivity index (χ0v) is 13.6. The lowest BCUT2D eigenvalue weighted by atomic mass is 10.2. The number of carbonyl (C=O) groups is 1. The summed E-state index contributed by atoms with van der Waals surface area (Å²) in [6.45, 7) is 10.3. The van der Waals surface area contributed by atoms with Crippen LogP contribution in [0.3, 0.4) is 0 Å². The summed E-state index contributed by atoms with van der Waals surface area (Å²) < 4.78 is 7.46. The van der Waals surface area contributed by atoms with E-state index in [1.54, 1.807) is 0 Å². The first-order valence-corrected chi connectivity index (χ1v) is 10.8. The van der Waals surface area contributed by atoms with E-state index in [1.165, 1.54) is 0 Å². The second kappa shape index (κ2) is 7.60. The molecule has 0 aliphatic heterocycles. The molecule has 0 unspecified atom stereocenters. The minimum Gasteiger partial charge on any atom is -0.361 e. The molecule has 1 rings (SSSR count). The average Bonchev–Trinajstić information content (AvgIpc) is 2.73. The Morgan fingerprint density at radius 1 is 1.42 bits per heavy atom. The van der Waals surface area contributed by atoms with Crippen molar-refractivity contribution in [2.45, 2.75) is 58.6 Å². The fourth-order valence-corrected chi connectivity index (χ4v) is 2.46. The highest BCUT2D eigenvalue weighted by Crippen LogP contribution is 2.09. The molecule has 0 spiro atoms. The van der Waals surface area contributed by atoms with Gasteiger partial charge < -0.3 is 9.30 Å². The normalized spacial score (nSPS) is 11.8. The molecule has 0 fully saturated rings. The Kier molecular flexibility index (Phi) is 6.44. The van der Waals surface area contributed by atoms with E-state index in [1.807, 2.05) is 10.8 Å². The third-order valence-corrected chi connectivity index (χ3v) is 4.68. The third kappa shape index (κ3) is 6.16. The van der Waals surface area contributed by atoms with E-state index in [9.17, 15) is 4.79 Å². The number of unbranched alkanes of at least 4 members (excludes halogenated alkanes) is 1. The molecule has 0 aliphatic rings. The summed E-state index contributed by atoms with van der Waals surface area (Å²) in [5.74, 6) is 0.471. The Balaban J connectivity index is 2.47. The summed E-state index contributed by atoms with van der Waals surface area (Å²) in [5.41, 5.74) is 0.984. The molecule has 1 heterocycles. The quantitative estimate of drug-likeness (QED) is 0.396. The molecule has 0 saturated carbocycles. The Labute approximate surface area is 117 Å². The zero-order chi connectivity index (χ0) is 14.3. The summed E-state index contributed by atoms with van der Waals surface area (Å²) in [5, 5.41) is 0. The molecule has 1 aromatic heterocycles. The number of hydrogen-bond acceptors (Lipinski definition) is 3. The van der Waals surface area contributed by atoms with Crippen molar-refractivity contribution in [2.24, 2.45) is 0 Å². The van der Waals surface area contributed by atoms with Gasteiger partial charge in [-0.15, -0.1) is 0 Å². The highest BCUT2D eigenvalue weighted by Gasteiger charge is 2.12. The van der Waals surface area contributed by atoms with Crippen LogP contribution in [-0.4, -0.2) is 30.5 Å². The van der Waals surface area contributed by atoms with E-state index < -0.39 is 8.07 Å². The van der Waals surface area contributed by atoms with Crippen LogP contribution in [-0.2, 0) is 17.9 Å². The van der Waals surface area contributed by atoms with Crippen molar-refractivity contribution in [1.82, 2.24) is 9.55 Å². The third-order valence-electron chi connectivity index (χ3n) is 2.98. The van der Waals surface area contributed by atoms with Gasteiger partial charge in [0.1, 0.15) is 6.73 Å². The number of rotatable bonds is 9. The Morgan fingerprint density at radius 3 is 2.74 bits per heavy atom. The van der Waals surface area contributed by atoms with Gasteiger partial charge in [-0.3, -0.25) is 4.79 Å². The van der Waals surface area contributed by atoms with Crippen molar-refractivity contribution in [3.05, 3.63) is 17.7 Å². The van der Waals surface area contributed by atoms with E-state index in [0.717, 1.165) is 43.9 Å². The van der Waals surface area contributed by atoms with Crippen molar-refractivity contribution < 1.29 is 9.53 Å². The first kappa shape index (κ1) is 16.1. The molecule has 19 heavy (non-hydrogen) atoms. The van der Waals surface area contributed by atoms with Gasteiger partial charge in [-0.2, -0.15) is 0 Å². The van der Waals surface area contributed by atoms with Crippen molar-refractivity contribution in [3.8, 4) is 0 Å². The molecule has 0 N–H and O–H groups in total. The van der Waals surface area contributed by atoms with Gasteiger partial charge in [-0.05, 0) is 18.9 Å². The molecule has 108 valence electrons. The highest BCUT2D eigenvalue weighted by molar-refractivity contribution is 6.76. The van der Waals surface area contributed by atoms with Gasteiger partial charge in [0, 0.05) is 20.9 Å². The second-order valence-corrected chi connectivity index (χ2v) is 11.8. The highest BCUT2D eigenvalue weighted by atomic mass is 28.3. The maximum atomic E-state index is 11.0. The minimum atomic E-state index is -1.05. The monoisotopic (exact) mass is 282 g/mol. The van der Waals surface area contributed by atoms with Crippen LogP contribution < -0.4 is 0 Å². The predicted octanol–water partition coefficient (Wildman–Crippen LogP) is 3.35. The van der Waals surface area contributed by atoms with Crippen LogP contribution in [0.5, 0.6) is 0 Å². The average molecular weight is 282 g/mol. The van der Waals surface area contributed by atoms with Gasteiger partial charge in [0.25, 0.3) is 0 Å². The maximum absolute atomic E-state index is 11.0. The number of aromatic nitrogens is 2. The van der Waals surface area contributed by atoms with E-state index >= 15 is 0 Å². The number of hydrogen-bond donors (Lipinski definition) is 0. The predicted molar refractivity (Wildman–Crippen MR) is 80.3 cm³/mol. The van der Waals surface area contributed by atoms with Crippen molar-refractivity contribution in [1.29, 1.82) is 0 Å². The molecule has 0 radical (unpaired) electrons.